The van der Waals surface area contributed by atoms with E-state index in [2.05, 4.69) is 4.98 Å². The molecule has 1 aromatic heterocycles. The van der Waals surface area contributed by atoms with E-state index in [4.69, 9.17) is 11.6 Å². The number of amides is 2. The first-order chi connectivity index (χ1) is 21.5. The largest absolute Gasteiger partial charge is 0.508 e. The number of fused-ring (bicyclic) bond motifs is 1. The number of pyridine rings is 1. The molecular weight excluding hydrogens is 595 g/mol. The van der Waals surface area contributed by atoms with Gasteiger partial charge in [-0.1, -0.05) is 49.2 Å². The highest BCUT2D eigenvalue weighted by atomic mass is 35.5. The van der Waals surface area contributed by atoms with E-state index in [1.165, 1.54) is 24.3 Å². The van der Waals surface area contributed by atoms with Gasteiger partial charge >= 0.3 is 7.12 Å². The van der Waals surface area contributed by atoms with Gasteiger partial charge in [-0.3, -0.25) is 19.5 Å². The van der Waals surface area contributed by atoms with Crippen LogP contribution in [0.1, 0.15) is 44.4 Å². The van der Waals surface area contributed by atoms with E-state index in [0.717, 1.165) is 16.0 Å². The summed E-state index contributed by atoms with van der Waals surface area (Å²) in [5.41, 5.74) is 3.96. The predicted molar refractivity (Wildman–Crippen MR) is 173 cm³/mol. The van der Waals surface area contributed by atoms with Crippen LogP contribution in [0.5, 0.6) is 5.75 Å². The van der Waals surface area contributed by atoms with E-state index in [9.17, 15) is 35.0 Å². The number of aromatic hydroxyl groups is 1. The number of allylic oxidation sites excluding steroid dienone is 2. The second kappa shape index (κ2) is 13.7. The molecule has 2 aliphatic rings. The van der Waals surface area contributed by atoms with Crippen molar-refractivity contribution in [2.24, 2.45) is 23.7 Å². The van der Waals surface area contributed by atoms with Crippen molar-refractivity contribution in [3.05, 3.63) is 94.3 Å². The van der Waals surface area contributed by atoms with E-state index >= 15 is 0 Å². The minimum atomic E-state index is -1.77. The summed E-state index contributed by atoms with van der Waals surface area (Å²) in [6.45, 7) is 3.50. The highest BCUT2D eigenvalue weighted by molar-refractivity contribution is 6.58. The zero-order chi connectivity index (χ0) is 32.4. The third-order valence-electron chi connectivity index (χ3n) is 8.79. The molecule has 0 radical (unpaired) electrons. The van der Waals surface area contributed by atoms with Crippen LogP contribution in [0.3, 0.4) is 0 Å². The topological polar surface area (TPSA) is 151 Å². The fourth-order valence-corrected chi connectivity index (χ4v) is 6.85. The highest BCUT2D eigenvalue weighted by Crippen LogP contribution is 2.49. The number of rotatable bonds is 10. The van der Waals surface area contributed by atoms with Crippen LogP contribution in [0.15, 0.2) is 78.0 Å². The minimum Gasteiger partial charge on any atom is -0.508 e. The number of aliphatic hydroxyl groups is 2. The molecule has 5 rings (SSSR count). The van der Waals surface area contributed by atoms with Crippen molar-refractivity contribution in [3.63, 3.8) is 0 Å². The lowest BCUT2D eigenvalue weighted by Gasteiger charge is -2.38. The Morgan fingerprint density at radius 3 is 2.51 bits per heavy atom. The number of benzene rings is 2. The molecule has 4 atom stereocenters. The molecule has 0 unspecified atom stereocenters. The lowest BCUT2D eigenvalue weighted by atomic mass is 9.66. The first kappa shape index (κ1) is 32.6. The number of aliphatic hydroxyl groups excluding tert-OH is 2. The molecule has 9 nitrogen and oxygen atoms in total. The number of carbonyl (C=O) groups is 2. The van der Waals surface area contributed by atoms with Crippen LogP contribution in [-0.2, 0) is 9.59 Å². The van der Waals surface area contributed by atoms with Gasteiger partial charge in [0, 0.05) is 12.1 Å². The van der Waals surface area contributed by atoms with Crippen LogP contribution in [-0.4, -0.2) is 62.0 Å². The first-order valence-corrected chi connectivity index (χ1v) is 15.4. The molecule has 3 aromatic rings. The average Bonchev–Trinajstić information content (AvgIpc) is 3.28. The molecule has 1 saturated heterocycles. The van der Waals surface area contributed by atoms with Crippen LogP contribution in [0, 0.1) is 23.7 Å². The van der Waals surface area contributed by atoms with Crippen molar-refractivity contribution in [3.8, 4) is 5.75 Å². The van der Waals surface area contributed by atoms with Crippen LogP contribution >= 0.6 is 11.6 Å². The number of carbonyl (C=O) groups excluding carboxylic acids is 2. The Labute approximate surface area is 267 Å². The first-order valence-electron chi connectivity index (χ1n) is 15.0. The van der Waals surface area contributed by atoms with E-state index in [1.807, 2.05) is 32.1 Å². The summed E-state index contributed by atoms with van der Waals surface area (Å²) in [6, 6.07) is 16.2. The van der Waals surface area contributed by atoms with Gasteiger partial charge in [0.15, 0.2) is 0 Å². The Bertz CT molecular complexity index is 1640. The zero-order valence-electron chi connectivity index (χ0n) is 25.0. The van der Waals surface area contributed by atoms with Crippen LogP contribution in [0.4, 0.5) is 5.69 Å². The van der Waals surface area contributed by atoms with Crippen molar-refractivity contribution in [1.82, 2.24) is 4.98 Å². The maximum Gasteiger partial charge on any atom is 0.488 e. The van der Waals surface area contributed by atoms with Crippen LogP contribution in [0.25, 0.3) is 11.6 Å². The third kappa shape index (κ3) is 6.61. The van der Waals surface area contributed by atoms with E-state index in [-0.39, 0.29) is 35.7 Å². The fraction of sp³-hybridized carbons (Fsp3) is 0.324. The lowest BCUT2D eigenvalue weighted by Crippen LogP contribution is -2.40. The molecule has 1 aliphatic carbocycles. The molecule has 45 heavy (non-hydrogen) atoms. The normalized spacial score (nSPS) is 21.0. The summed E-state index contributed by atoms with van der Waals surface area (Å²) in [4.78, 5) is 33.1. The maximum atomic E-state index is 13.9. The lowest BCUT2D eigenvalue weighted by molar-refractivity contribution is -0.123. The van der Waals surface area contributed by atoms with E-state index in [0.29, 0.717) is 28.3 Å². The minimum absolute atomic E-state index is 0.0444. The summed E-state index contributed by atoms with van der Waals surface area (Å²) in [6.07, 6.45) is 3.41. The van der Waals surface area contributed by atoms with Crippen LogP contribution < -0.4 is 10.4 Å². The summed E-state index contributed by atoms with van der Waals surface area (Å²) in [7, 11) is -1.77. The van der Waals surface area contributed by atoms with E-state index < -0.39 is 49.4 Å². The molecule has 5 N–H and O–H groups in total. The number of hydrogen-bond acceptors (Lipinski definition) is 8. The van der Waals surface area contributed by atoms with Gasteiger partial charge in [-0.15, -0.1) is 0 Å². The van der Waals surface area contributed by atoms with Gasteiger partial charge in [0.2, 0.25) is 11.8 Å². The third-order valence-corrected chi connectivity index (χ3v) is 9.12. The summed E-state index contributed by atoms with van der Waals surface area (Å²) >= 11 is 6.40. The monoisotopic (exact) mass is 630 g/mol. The SMILES string of the molecule is CC(C)C1=C([C@H](O)CC/C(=C/c2ccc(O)cc2Cl)c2ccccn2)[C@H](CO)[C@@H]2C(=O)N(c3cccc(B(O)O)c3)C(=O)[C@@H]2C1. The zero-order valence-corrected chi connectivity index (χ0v) is 25.8. The molecule has 2 aromatic carbocycles. The molecule has 1 aliphatic heterocycles. The summed E-state index contributed by atoms with van der Waals surface area (Å²) in [5, 5.41) is 51.9. The number of phenolic OH excluding ortho intramolecular Hbond substituents is 1. The number of nitrogens with zero attached hydrogens (tertiary/aromatic N) is 2. The number of anilines is 1. The number of imide groups is 1. The molecule has 11 heteroatoms. The molecule has 234 valence electrons. The molecule has 1 fully saturated rings. The Hall–Kier alpha value is -3.80. The van der Waals surface area contributed by atoms with E-state index in [1.54, 1.807) is 30.5 Å². The Balaban J connectivity index is 1.46. The van der Waals surface area contributed by atoms with Gasteiger partial charge in [-0.2, -0.15) is 0 Å². The predicted octanol–water partition coefficient (Wildman–Crippen LogP) is 3.57. The standard InChI is InChI=1S/C34H36BClN2O7/c1-19(2)25-17-26-32(34(43)38(33(26)42)23-7-5-6-22(15-23)35(44)45)27(18-39)31(25)30(41)12-10-21(29-8-3-4-13-37-29)14-20-9-11-24(40)16-28(20)36/h3-9,11,13-16,19,26-27,30,32,39-41,44-45H,10,12,17-18H2,1-2H3/b21-14-/t26-,27+,30-,32-/m1/s1. The molecule has 0 saturated carbocycles. The Kier molecular flexibility index (Phi) is 9.91. The van der Waals surface area contributed by atoms with Crippen molar-refractivity contribution in [2.45, 2.75) is 39.2 Å². The second-order valence-corrected chi connectivity index (χ2v) is 12.3. The average molecular weight is 631 g/mol. The van der Waals surface area contributed by atoms with Crippen LogP contribution in [0.2, 0.25) is 5.02 Å². The van der Waals surface area contributed by atoms with Gasteiger partial charge in [-0.25, -0.2) is 0 Å². The summed E-state index contributed by atoms with van der Waals surface area (Å²) in [5.74, 6) is -3.29. The molecule has 2 heterocycles. The molecule has 0 bridgehead atoms. The van der Waals surface area contributed by atoms with Gasteiger partial charge in [0.1, 0.15) is 5.75 Å². The second-order valence-electron chi connectivity index (χ2n) is 11.9. The van der Waals surface area contributed by atoms with Gasteiger partial charge in [-0.05, 0) is 95.9 Å². The quantitative estimate of drug-likeness (QED) is 0.130. The smallest absolute Gasteiger partial charge is 0.488 e. The Morgan fingerprint density at radius 2 is 1.87 bits per heavy atom. The van der Waals surface area contributed by atoms with Gasteiger partial charge in [0.05, 0.1) is 41.0 Å². The summed E-state index contributed by atoms with van der Waals surface area (Å²) < 4.78 is 0. The maximum absolute atomic E-state index is 13.9. The molecular formula is C34H36BClN2O7. The highest BCUT2D eigenvalue weighted by Gasteiger charge is 2.55. The number of phenols is 1. The fourth-order valence-electron chi connectivity index (χ4n) is 6.62. The van der Waals surface area contributed by atoms with Crippen molar-refractivity contribution in [2.75, 3.05) is 11.5 Å². The number of hydrogen-bond donors (Lipinski definition) is 5. The van der Waals surface area contributed by atoms with Gasteiger partial charge in [0.25, 0.3) is 0 Å². The number of halogens is 1. The van der Waals surface area contributed by atoms with Crippen molar-refractivity contribution < 1.29 is 35.0 Å². The molecule has 2 amide bonds. The van der Waals surface area contributed by atoms with Gasteiger partial charge < -0.3 is 25.4 Å². The number of aromatic nitrogens is 1. The molecule has 0 spiro atoms. The van der Waals surface area contributed by atoms with Crippen molar-refractivity contribution in [1.29, 1.82) is 0 Å². The Morgan fingerprint density at radius 1 is 1.09 bits per heavy atom. The van der Waals surface area contributed by atoms with Crippen molar-refractivity contribution >= 4 is 53.3 Å².